The van der Waals surface area contributed by atoms with Crippen LogP contribution < -0.4 is 21.7 Å². The van der Waals surface area contributed by atoms with E-state index in [4.69, 9.17) is 52.8 Å². The number of nitrogens with one attached hydrogen (secondary N) is 3. The fourth-order valence-electron chi connectivity index (χ4n) is 12.4. The van der Waals surface area contributed by atoms with Crippen LogP contribution in [0.15, 0.2) is 237 Å². The number of oxime groups is 2. The lowest BCUT2D eigenvalue weighted by Gasteiger charge is -2.30. The summed E-state index contributed by atoms with van der Waals surface area (Å²) < 4.78 is 20.3. The van der Waals surface area contributed by atoms with Gasteiger partial charge in [-0.05, 0) is 227 Å². The van der Waals surface area contributed by atoms with Crippen LogP contribution in [0.1, 0.15) is 163 Å². The number of nitrogens with two attached hydrogens (primary N) is 1. The highest BCUT2D eigenvalue weighted by molar-refractivity contribution is 14.1. The summed E-state index contributed by atoms with van der Waals surface area (Å²) in [7, 11) is 2.60. The van der Waals surface area contributed by atoms with Crippen LogP contribution in [-0.4, -0.2) is 164 Å². The molecule has 6 aliphatic rings. The van der Waals surface area contributed by atoms with Gasteiger partial charge in [0.05, 0.1) is 38.7 Å². The Morgan fingerprint density at radius 3 is 1.27 bits per heavy atom. The number of allylic oxidation sites excluding steroid dienone is 2. The van der Waals surface area contributed by atoms with Gasteiger partial charge in [0.15, 0.2) is 11.2 Å². The number of unbranched alkanes of at least 4 members (excludes halogenated alkanes) is 6. The van der Waals surface area contributed by atoms with Gasteiger partial charge in [-0.1, -0.05) is 149 Å². The minimum Gasteiger partial charge on any atom is -0.480 e. The molecule has 5 amide bonds. The molecule has 2 aliphatic carbocycles. The molecule has 2 aromatic carbocycles. The standard InChI is InChI=1S/C34H45ClN4O7.C27H36ClN3O6.C22H4.C7H11NO2.CH3I.CH4/c1-7-9-10-11-12-16-25(36-31(43)45-32(3,4)5)29(41)39-21-33(19-26(38-46-33)22-14-13-15-24(35)17-22)20-27(39)28(40)37-34(30(42)44-6)18-23(34)8-2;1-5-6-7-8-9-13-20(29-25(35)36-26(2,3)4)23(32)31-17-27(16-22(31)24(33)34)15-21(30-37-27)18-11-10-12-19(28)14-18;1-3-5-7-9-11-13-15-17-19-21-22-20-18-16-14-12-10-8-6-4-2;1-3-5-4-7(5,8)6(9)10-2;1-2;/h7-8,13-15,17,23,25,27H,1-2,9-12,16,18-21H2,3-6H3,(H,36,43)(H,37,40);5,10-12,14,20,22H,1,6-9,13,15-17H2,2-4H3,(H,29,35)(H,33,34);1-2H2;3,5H,1,4,8H2,2H3;1H3;1H4/t23-,25+,27+,33-,34-;20-,22-,27+;;5-,7-;;/m10.1../s1. The Labute approximate surface area is 715 Å². The molecule has 0 bridgehead atoms. The molecule has 2 spiro atoms. The summed E-state index contributed by atoms with van der Waals surface area (Å²) in [6.45, 7) is 31.9. The van der Waals surface area contributed by atoms with Crippen molar-refractivity contribution in [2.75, 3.05) is 32.2 Å². The van der Waals surface area contributed by atoms with Crippen LogP contribution in [0, 0.1) is 11.8 Å². The Hall–Kier alpha value is -11.7. The van der Waals surface area contributed by atoms with Crippen molar-refractivity contribution < 1.29 is 72.1 Å². The molecule has 0 radical (unpaired) electrons. The van der Waals surface area contributed by atoms with E-state index >= 15 is 0 Å². The number of hydrogen-bond donors (Lipinski definition) is 5. The van der Waals surface area contributed by atoms with Crippen molar-refractivity contribution in [1.82, 2.24) is 25.8 Å². The number of ether oxygens (including phenoxy) is 4. The number of carboxylic acid groups (broad SMARTS) is 1. The molecule has 6 N–H and O–H groups in total. The number of aliphatic carboxylic acids is 1. The summed E-state index contributed by atoms with van der Waals surface area (Å²) in [5.74, 6) is -3.69. The minimum atomic E-state index is -1.25. The molecule has 10 atom stereocenters. The number of hydrogen-bond acceptors (Lipinski definition) is 17. The number of carbonyl (C=O) groups is 8. The first-order valence-corrected chi connectivity index (χ1v) is 40.2. The number of nitrogens with zero attached hydrogens (tertiary/aromatic N) is 4. The molecule has 4 aliphatic heterocycles. The van der Waals surface area contributed by atoms with Gasteiger partial charge in [0.25, 0.3) is 0 Å². The second-order valence-corrected chi connectivity index (χ2v) is 30.0. The molecule has 2 aromatic rings. The lowest BCUT2D eigenvalue weighted by Crippen LogP contribution is -2.56. The number of alkyl carbamates (subject to hydrolysis) is 2. The van der Waals surface area contributed by atoms with Gasteiger partial charge < -0.3 is 65.2 Å². The highest BCUT2D eigenvalue weighted by atomic mass is 127. The van der Waals surface area contributed by atoms with E-state index in [0.717, 1.165) is 49.7 Å². The summed E-state index contributed by atoms with van der Waals surface area (Å²) in [5.41, 5.74) is 52.4. The Morgan fingerprint density at radius 2 is 0.949 bits per heavy atom. The molecule has 4 fully saturated rings. The highest BCUT2D eigenvalue weighted by Crippen LogP contribution is 2.47. The van der Waals surface area contributed by atoms with Crippen LogP contribution >= 0.6 is 45.8 Å². The van der Waals surface area contributed by atoms with Crippen LogP contribution in [0.25, 0.3) is 0 Å². The lowest BCUT2D eigenvalue weighted by atomic mass is 9.91. The number of amides is 5. The number of likely N-dealkylation sites (tertiary alicyclic amines) is 2. The molecule has 26 heteroatoms. The van der Waals surface area contributed by atoms with Gasteiger partial charge in [-0.2, -0.15) is 0 Å². The Kier molecular flexibility index (Phi) is 42.6. The molecule has 622 valence electrons. The zero-order chi connectivity index (χ0) is 86.8. The first-order valence-electron chi connectivity index (χ1n) is 37.3. The third kappa shape index (κ3) is 32.8. The van der Waals surface area contributed by atoms with E-state index in [2.05, 4.69) is 208 Å². The number of halogens is 3. The Bertz CT molecular complexity index is 4850. The number of rotatable bonds is 25. The van der Waals surface area contributed by atoms with E-state index < -0.39 is 99.5 Å². The Balaban J connectivity index is 0.000000445. The molecule has 2 saturated heterocycles. The smallest absolute Gasteiger partial charge is 0.408 e. The van der Waals surface area contributed by atoms with Crippen LogP contribution in [0.4, 0.5) is 9.59 Å². The van der Waals surface area contributed by atoms with Gasteiger partial charge in [0, 0.05) is 70.2 Å². The lowest BCUT2D eigenvalue weighted by molar-refractivity contribution is -0.149. The summed E-state index contributed by atoms with van der Waals surface area (Å²) in [5, 5.41) is 27.9. The molecule has 4 heterocycles. The summed E-state index contributed by atoms with van der Waals surface area (Å²) in [6, 6.07) is 10.4. The van der Waals surface area contributed by atoms with Gasteiger partial charge in [-0.3, -0.25) is 19.2 Å². The van der Waals surface area contributed by atoms with E-state index in [1.807, 2.05) is 35.3 Å². The average molecular weight is 1760 g/mol. The number of carbonyl (C=O) groups excluding carboxylic acids is 7. The number of carboxylic acids is 1. The maximum Gasteiger partial charge on any atom is 0.408 e. The van der Waals surface area contributed by atoms with Gasteiger partial charge in [-0.25, -0.2) is 19.2 Å². The van der Waals surface area contributed by atoms with Crippen molar-refractivity contribution in [3.05, 3.63) is 248 Å². The second kappa shape index (κ2) is 50.0. The minimum absolute atomic E-state index is 0. The number of benzene rings is 2. The average Bonchev–Trinajstić information content (AvgIpc) is 1.57. The van der Waals surface area contributed by atoms with E-state index in [-0.39, 0.29) is 51.2 Å². The van der Waals surface area contributed by atoms with Gasteiger partial charge >= 0.3 is 30.1 Å². The van der Waals surface area contributed by atoms with E-state index in [1.165, 1.54) is 24.0 Å². The van der Waals surface area contributed by atoms with Crippen LogP contribution in [0.2, 0.25) is 10.0 Å². The van der Waals surface area contributed by atoms with E-state index in [1.54, 1.807) is 84.0 Å². The molecule has 8 rings (SSSR count). The Morgan fingerprint density at radius 1 is 0.576 bits per heavy atom. The largest absolute Gasteiger partial charge is 0.480 e. The first kappa shape index (κ1) is 101. The van der Waals surface area contributed by atoms with E-state index in [0.29, 0.717) is 72.8 Å². The molecule has 118 heavy (non-hydrogen) atoms. The maximum absolute atomic E-state index is 14.4. The van der Waals surface area contributed by atoms with Crippen LogP contribution in [0.3, 0.4) is 0 Å². The van der Waals surface area contributed by atoms with Crippen molar-refractivity contribution in [3.63, 3.8) is 0 Å². The highest BCUT2D eigenvalue weighted by Gasteiger charge is 2.63. The molecular weight excluding hydrogens is 1650 g/mol. The number of methoxy groups -OCH3 is 2. The molecule has 2 saturated carbocycles. The topological polar surface area (TPSA) is 305 Å². The normalized spacial score (nSPS) is 20.7. The molecule has 0 unspecified atom stereocenters. The third-order valence-electron chi connectivity index (χ3n) is 18.1. The quantitative estimate of drug-likeness (QED) is 0.0117. The van der Waals surface area contributed by atoms with Crippen molar-refractivity contribution in [3.8, 4) is 0 Å². The predicted molar refractivity (Wildman–Crippen MR) is 460 cm³/mol. The van der Waals surface area contributed by atoms with Crippen molar-refractivity contribution in [2.24, 2.45) is 27.9 Å². The maximum atomic E-state index is 14.4. The SMILES string of the molecule is C.C=C=C=C=C=C=C=C=C=C=C=C=C=C=C=C=C=C=C=C=C=C.C=CCCCCC[C@H](NC(=O)OC(C)(C)C)C(=O)N1C[C@@]2(CC(c3cccc(Cl)c3)=NO2)C[C@H]1C(=O)N[C@]1(C(=O)OC)C[C@H]1C=C.C=CCCCCC[C@H](NC(=O)OC(C)(C)C)C(=O)N1C[C@@]2(CC(c3cccc(Cl)c3)=NO2)C[C@H]1C(=O)O.C=C[C@@H]1C[C@]1(N)C(=O)OC.CI. The second-order valence-electron chi connectivity index (χ2n) is 29.1. The van der Waals surface area contributed by atoms with Crippen LogP contribution in [-0.2, 0) is 57.4 Å². The first-order chi connectivity index (χ1) is 55.7. The molecule has 0 aromatic heterocycles. The summed E-state index contributed by atoms with van der Waals surface area (Å²) in [6.07, 6.45) is 14.6. The predicted octanol–water partition coefficient (Wildman–Crippen LogP) is 15.6. The molecule has 23 nitrogen and oxygen atoms in total. The van der Waals surface area contributed by atoms with E-state index in [9.17, 15) is 43.5 Å². The van der Waals surface area contributed by atoms with Crippen molar-refractivity contribution in [1.29, 1.82) is 0 Å². The number of esters is 2. The fourth-order valence-corrected chi connectivity index (χ4v) is 12.8. The van der Waals surface area contributed by atoms with Crippen molar-refractivity contribution in [2.45, 2.75) is 209 Å². The van der Waals surface area contributed by atoms with Gasteiger partial charge in [0.1, 0.15) is 46.4 Å². The monoisotopic (exact) mass is 1760 g/mol. The summed E-state index contributed by atoms with van der Waals surface area (Å²) >= 11 is 14.5. The van der Waals surface area contributed by atoms with Gasteiger partial charge in [0.2, 0.25) is 17.7 Å². The fraction of sp³-hybridized carbons (Fsp3) is 0.435. The zero-order valence-electron chi connectivity index (χ0n) is 67.5. The molecular formula is C92H103Cl2IN8O15. The number of alkyl halides is 1. The third-order valence-corrected chi connectivity index (χ3v) is 18.5. The van der Waals surface area contributed by atoms with Gasteiger partial charge in [-0.15, -0.1) is 26.3 Å². The van der Waals surface area contributed by atoms with Crippen molar-refractivity contribution >= 4 is 105 Å². The zero-order valence-corrected chi connectivity index (χ0v) is 71.2. The van der Waals surface area contributed by atoms with Crippen LogP contribution in [0.5, 0.6) is 0 Å². The summed E-state index contributed by atoms with van der Waals surface area (Å²) in [4.78, 5) is 120.